The van der Waals surface area contributed by atoms with Crippen LogP contribution in [-0.4, -0.2) is 193 Å². The van der Waals surface area contributed by atoms with Gasteiger partial charge in [-0.1, -0.05) is 42.5 Å². The van der Waals surface area contributed by atoms with E-state index in [1.807, 2.05) is 36.2 Å². The number of nitrogens with zero attached hydrogens (tertiary/aromatic N) is 8. The number of methoxy groups -OCH3 is 1. The molecule has 2 unspecified atom stereocenters. The Balaban J connectivity index is 0.953. The lowest BCUT2D eigenvalue weighted by molar-refractivity contribution is -0.122. The lowest BCUT2D eigenvalue weighted by Crippen LogP contribution is -2.43. The van der Waals surface area contributed by atoms with Gasteiger partial charge in [0.2, 0.25) is 5.91 Å². The third kappa shape index (κ3) is 17.6. The average Bonchev–Trinajstić information content (AvgIpc) is 1.47. The number of ether oxygens (including phenoxy) is 7. The largest absolute Gasteiger partial charge is 0.493 e. The second-order valence-corrected chi connectivity index (χ2v) is 28.2. The zero-order valence-electron chi connectivity index (χ0n) is 54.4. The molecule has 95 heavy (non-hydrogen) atoms. The van der Waals surface area contributed by atoms with Gasteiger partial charge in [0.1, 0.15) is 47.5 Å². The van der Waals surface area contributed by atoms with E-state index in [0.29, 0.717) is 131 Å². The zero-order valence-corrected chi connectivity index (χ0v) is 56.1. The van der Waals surface area contributed by atoms with Crippen LogP contribution < -0.4 is 35.9 Å². The number of rotatable bonds is 4. The number of anilines is 3. The van der Waals surface area contributed by atoms with E-state index in [2.05, 4.69) is 57.0 Å². The molecule has 3 aromatic carbocycles. The molecule has 12 bridgehead atoms. The Morgan fingerprint density at radius 1 is 0.747 bits per heavy atom. The Labute approximate surface area is 556 Å². The van der Waals surface area contributed by atoms with Crippen LogP contribution in [0.3, 0.4) is 0 Å². The summed E-state index contributed by atoms with van der Waals surface area (Å²) in [6, 6.07) is 20.6. The van der Waals surface area contributed by atoms with Crippen LogP contribution in [0.25, 0.3) is 32.4 Å². The van der Waals surface area contributed by atoms with Gasteiger partial charge < -0.3 is 58.9 Å². The van der Waals surface area contributed by atoms with Crippen LogP contribution in [0.2, 0.25) is 0 Å². The number of aromatic nitrogens is 5. The summed E-state index contributed by atoms with van der Waals surface area (Å²) in [4.78, 5) is 56.2. The number of hydrogen-bond acceptors (Lipinski definition) is 21. The molecular formula is C68H86F3N11O11S2. The zero-order chi connectivity index (χ0) is 66.5. The predicted octanol–water partition coefficient (Wildman–Crippen LogP) is 8.67. The van der Waals surface area contributed by atoms with Crippen LogP contribution in [0.4, 0.5) is 30.5 Å². The number of piperidine rings is 1. The summed E-state index contributed by atoms with van der Waals surface area (Å²) < 4.78 is 119. The van der Waals surface area contributed by atoms with Gasteiger partial charge in [0, 0.05) is 84.4 Å². The minimum atomic E-state index is -3.42. The van der Waals surface area contributed by atoms with E-state index >= 15 is 18.0 Å². The van der Waals surface area contributed by atoms with E-state index in [1.165, 1.54) is 24.5 Å². The number of thiophene rings is 1. The smallest absolute Gasteiger partial charge is 0.278 e. The van der Waals surface area contributed by atoms with Gasteiger partial charge in [-0.05, 0) is 102 Å². The summed E-state index contributed by atoms with van der Waals surface area (Å²) in [6.45, 7) is 10.2. The molecule has 9 heterocycles. The highest BCUT2D eigenvalue weighted by Crippen LogP contribution is 2.45. The van der Waals surface area contributed by atoms with Crippen molar-refractivity contribution in [2.45, 2.75) is 77.0 Å². The molecule has 0 aliphatic carbocycles. The van der Waals surface area contributed by atoms with Gasteiger partial charge >= 0.3 is 0 Å². The average molecular weight is 1350 g/mol. The normalized spacial score (nSPS) is 23.2. The number of sulfone groups is 1. The van der Waals surface area contributed by atoms with E-state index in [0.717, 1.165) is 27.3 Å². The molecule has 5 aliphatic heterocycles. The second-order valence-electron chi connectivity index (χ2n) is 24.8. The molecule has 0 radical (unpaired) electrons. The topological polar surface area (TPSA) is 235 Å². The van der Waals surface area contributed by atoms with Crippen molar-refractivity contribution < 1.29 is 59.5 Å². The molecule has 2 saturated heterocycles. The third-order valence-electron chi connectivity index (χ3n) is 17.9. The molecule has 0 saturated carbocycles. The molecule has 5 aliphatic rings. The fraction of sp³-hybridized carbons (Fsp3) is 0.529. The summed E-state index contributed by atoms with van der Waals surface area (Å²) in [5.74, 6) is -4.37. The lowest BCUT2D eigenvalue weighted by atomic mass is 9.85. The van der Waals surface area contributed by atoms with Crippen molar-refractivity contribution in [1.29, 1.82) is 0 Å². The van der Waals surface area contributed by atoms with Crippen molar-refractivity contribution in [3.05, 3.63) is 123 Å². The summed E-state index contributed by atoms with van der Waals surface area (Å²) in [5, 5.41) is 11.0. The SMILES string of the molecule is COc1cc2nc(CC3COCCCCN4CCC(CC4)C(F)(F)c4cccc(c4F)[C@@H](C)Nc4ncnc5c4cc(N4CCS(=O)(=O)CC4)c(=O)n5C3)nc3c2cc1OCCOCCOCCOCCOCCNC(=O)CN(C)Cc1ccccc1-c1ccc(s1)C(C)N3. The molecular weight excluding hydrogens is 1270 g/mol. The van der Waals surface area contributed by atoms with E-state index in [-0.39, 0.29) is 111 Å². The van der Waals surface area contributed by atoms with Gasteiger partial charge in [-0.25, -0.2) is 41.5 Å². The molecule has 2 fully saturated rings. The minimum Gasteiger partial charge on any atom is -0.493 e. The van der Waals surface area contributed by atoms with Crippen LogP contribution in [0.15, 0.2) is 83.9 Å². The van der Waals surface area contributed by atoms with Crippen molar-refractivity contribution in [2.24, 2.45) is 11.8 Å². The van der Waals surface area contributed by atoms with Gasteiger partial charge in [0.25, 0.3) is 11.5 Å². The monoisotopic (exact) mass is 1350 g/mol. The molecule has 7 aromatic rings. The number of halogens is 3. The summed E-state index contributed by atoms with van der Waals surface area (Å²) in [7, 11) is 0.113. The number of hydrogen-bond donors (Lipinski definition) is 3. The quantitative estimate of drug-likeness (QED) is 0.149. The van der Waals surface area contributed by atoms with Crippen molar-refractivity contribution in [3.8, 4) is 21.9 Å². The number of pyridine rings is 1. The Morgan fingerprint density at radius 2 is 1.47 bits per heavy atom. The maximum atomic E-state index is 16.7. The highest BCUT2D eigenvalue weighted by atomic mass is 32.2. The van der Waals surface area contributed by atoms with Crippen molar-refractivity contribution in [2.75, 3.05) is 160 Å². The lowest BCUT2D eigenvalue weighted by Gasteiger charge is -2.36. The Morgan fingerprint density at radius 3 is 2.23 bits per heavy atom. The molecule has 512 valence electrons. The number of nitrogens with one attached hydrogen (secondary N) is 3. The van der Waals surface area contributed by atoms with Crippen molar-refractivity contribution >= 4 is 66.3 Å². The summed E-state index contributed by atoms with van der Waals surface area (Å²) in [6.07, 6.45) is 3.32. The first-order valence-corrected chi connectivity index (χ1v) is 35.4. The molecule has 27 heteroatoms. The van der Waals surface area contributed by atoms with E-state index in [1.54, 1.807) is 40.9 Å². The predicted molar refractivity (Wildman–Crippen MR) is 359 cm³/mol. The van der Waals surface area contributed by atoms with Crippen LogP contribution in [0.5, 0.6) is 11.5 Å². The molecule has 4 aromatic heterocycles. The van der Waals surface area contributed by atoms with Gasteiger partial charge in [-0.3, -0.25) is 19.1 Å². The van der Waals surface area contributed by atoms with Crippen molar-refractivity contribution in [3.63, 3.8) is 0 Å². The first-order chi connectivity index (χ1) is 46.0. The third-order valence-corrected chi connectivity index (χ3v) is 20.8. The summed E-state index contributed by atoms with van der Waals surface area (Å²) in [5.41, 5.74) is 2.04. The first-order valence-electron chi connectivity index (χ1n) is 32.8. The Kier molecular flexibility index (Phi) is 23.6. The molecule has 22 nitrogen and oxygen atoms in total. The highest BCUT2D eigenvalue weighted by Gasteiger charge is 2.45. The highest BCUT2D eigenvalue weighted by molar-refractivity contribution is 7.91. The number of benzene rings is 3. The van der Waals surface area contributed by atoms with Crippen LogP contribution >= 0.6 is 11.3 Å². The molecule has 3 atom stereocenters. The van der Waals surface area contributed by atoms with Gasteiger partial charge in [0.05, 0.1) is 113 Å². The number of amides is 1. The van der Waals surface area contributed by atoms with E-state index < -0.39 is 50.6 Å². The molecule has 1 amide bonds. The number of carbonyl (C=O) groups is 1. The molecule has 12 rings (SSSR count). The first kappa shape index (κ1) is 69.3. The van der Waals surface area contributed by atoms with Crippen molar-refractivity contribution in [1.82, 2.24) is 39.6 Å². The van der Waals surface area contributed by atoms with Crippen LogP contribution in [0, 0.1) is 17.7 Å². The van der Waals surface area contributed by atoms with Gasteiger partial charge in [-0.2, -0.15) is 0 Å². The molecule has 3 N–H and O–H groups in total. The maximum absolute atomic E-state index is 16.7. The second kappa shape index (κ2) is 32.3. The van der Waals surface area contributed by atoms with Crippen LogP contribution in [-0.2, 0) is 63.7 Å². The van der Waals surface area contributed by atoms with Gasteiger partial charge in [0.15, 0.2) is 21.3 Å². The Hall–Kier alpha value is -7.08. The standard InChI is InChI=1S/C68H86F3N11O11S2/c1-45-50-12-9-13-54(63(50)69)68(70,71)49-16-20-80(21-17-49)19-7-8-24-92-43-47(40-82-66-53(64(75-45)73-44-74-66)37-56(67(82)84)81-22-34-95(85,86)35-23-81)36-61-77-55-39-57(87-4)58-38-52(55)65(78-61)76-46(2)59-14-15-60(94-59)51-11-6-5-10-48(51)41-79(3)42-62(83)72-18-25-88-26-27-89-28-29-90-30-31-91-32-33-93-58/h5-6,9-15,37-39,44-47,49H,7-8,16-36,40-43H2,1-4H3,(H,72,83)(H,73,74,75)(H,76,77,78)/t45-,46?,47?/m1/s1. The van der Waals surface area contributed by atoms with Gasteiger partial charge in [-0.15, -0.1) is 11.3 Å². The Bertz CT molecular complexity index is 3920. The number of fused-ring (bicyclic) bond motifs is 15. The maximum Gasteiger partial charge on any atom is 0.278 e. The van der Waals surface area contributed by atoms with Crippen LogP contribution in [0.1, 0.15) is 79.0 Å². The number of likely N-dealkylation sites (N-methyl/N-ethyl adjacent to an activating group) is 1. The minimum absolute atomic E-state index is 0.0162. The molecule has 0 spiro atoms. The number of carbonyl (C=O) groups excluding carboxylic acids is 1. The fourth-order valence-corrected chi connectivity index (χ4v) is 15.0. The summed E-state index contributed by atoms with van der Waals surface area (Å²) >= 11 is 1.65. The van der Waals surface area contributed by atoms with E-state index in [9.17, 15) is 13.2 Å². The fourth-order valence-electron chi connectivity index (χ4n) is 12.7. The number of alkyl halides is 2. The van der Waals surface area contributed by atoms with E-state index in [4.69, 9.17) is 48.1 Å².